The van der Waals surface area contributed by atoms with Crippen LogP contribution in [-0.4, -0.2) is 87.8 Å². The highest BCUT2D eigenvalue weighted by atomic mass is 16.5. The molecule has 6 rings (SSSR count). The standard InChI is InChI=1S/C31H42N2O6/c1-36-27-9-19-5-7-32-15-21(17-34)31(13-25(32)23(19)11-29(27)38-3)14-26-24-12-30(39-4)28(37-2)10-20(24)6-8-33(26)16-22(31)18-35/h9-12,21-22,25-26,34-35H,5-8,13-18H2,1-4H3/t21-,22+,25-,26-,31?/m0/s1. The molecule has 4 aliphatic heterocycles. The van der Waals surface area contributed by atoms with Crippen molar-refractivity contribution in [3.05, 3.63) is 46.5 Å². The van der Waals surface area contributed by atoms with E-state index in [0.29, 0.717) is 0 Å². The smallest absolute Gasteiger partial charge is 0.161 e. The molecular formula is C31H42N2O6. The van der Waals surface area contributed by atoms with Gasteiger partial charge >= 0.3 is 0 Å². The molecule has 8 heteroatoms. The molecule has 212 valence electrons. The van der Waals surface area contributed by atoms with Gasteiger partial charge in [-0.2, -0.15) is 0 Å². The van der Waals surface area contributed by atoms with E-state index in [4.69, 9.17) is 18.9 Å². The van der Waals surface area contributed by atoms with Crippen LogP contribution >= 0.6 is 0 Å². The van der Waals surface area contributed by atoms with Crippen molar-refractivity contribution in [1.29, 1.82) is 0 Å². The second-order valence-electron chi connectivity index (χ2n) is 11.7. The minimum atomic E-state index is -0.199. The predicted molar refractivity (Wildman–Crippen MR) is 148 cm³/mol. The van der Waals surface area contributed by atoms with Gasteiger partial charge < -0.3 is 29.2 Å². The SMILES string of the molecule is COc1cc2c(cc1OC)[C@@H]1CC3(C[C@H]4c5cc(OC)c(OC)cc5CCN4C[C@@H]3CO)[C@H](CO)CN1CC2. The lowest BCUT2D eigenvalue weighted by Crippen LogP contribution is -2.61. The first-order valence-electron chi connectivity index (χ1n) is 14.2. The lowest BCUT2D eigenvalue weighted by atomic mass is 9.54. The first-order valence-corrected chi connectivity index (χ1v) is 14.2. The molecule has 2 saturated heterocycles. The second kappa shape index (κ2) is 10.5. The number of ether oxygens (including phenoxy) is 4. The number of rotatable bonds is 6. The van der Waals surface area contributed by atoms with E-state index in [1.807, 2.05) is 0 Å². The third-order valence-electron chi connectivity index (χ3n) is 10.4. The number of aliphatic hydroxyl groups excluding tert-OH is 2. The second-order valence-corrected chi connectivity index (χ2v) is 11.7. The van der Waals surface area contributed by atoms with Crippen molar-refractivity contribution in [1.82, 2.24) is 9.80 Å². The highest BCUT2D eigenvalue weighted by molar-refractivity contribution is 5.51. The maximum atomic E-state index is 10.8. The van der Waals surface area contributed by atoms with Crippen LogP contribution in [0.5, 0.6) is 23.0 Å². The van der Waals surface area contributed by atoms with Crippen molar-refractivity contribution in [2.45, 2.75) is 37.8 Å². The lowest BCUT2D eigenvalue weighted by molar-refractivity contribution is -0.135. The van der Waals surface area contributed by atoms with Crippen LogP contribution in [0.25, 0.3) is 0 Å². The van der Waals surface area contributed by atoms with Crippen molar-refractivity contribution < 1.29 is 29.2 Å². The molecule has 0 amide bonds. The van der Waals surface area contributed by atoms with Crippen molar-refractivity contribution in [3.8, 4) is 23.0 Å². The fourth-order valence-electron chi connectivity index (χ4n) is 8.29. The monoisotopic (exact) mass is 538 g/mol. The van der Waals surface area contributed by atoms with Gasteiger partial charge in [-0.05, 0) is 77.6 Å². The minimum Gasteiger partial charge on any atom is -0.493 e. The van der Waals surface area contributed by atoms with E-state index in [2.05, 4.69) is 34.1 Å². The molecule has 8 nitrogen and oxygen atoms in total. The van der Waals surface area contributed by atoms with Crippen LogP contribution in [0.2, 0.25) is 0 Å². The van der Waals surface area contributed by atoms with Gasteiger partial charge in [0, 0.05) is 63.3 Å². The maximum Gasteiger partial charge on any atom is 0.161 e. The Balaban J connectivity index is 1.42. The molecule has 0 radical (unpaired) electrons. The van der Waals surface area contributed by atoms with E-state index in [-0.39, 0.29) is 42.5 Å². The Bertz CT molecular complexity index is 1120. The third kappa shape index (κ3) is 4.19. The van der Waals surface area contributed by atoms with Crippen molar-refractivity contribution >= 4 is 0 Å². The van der Waals surface area contributed by atoms with Crippen LogP contribution in [-0.2, 0) is 12.8 Å². The van der Waals surface area contributed by atoms with Gasteiger partial charge in [-0.3, -0.25) is 9.80 Å². The number of methoxy groups -OCH3 is 4. The van der Waals surface area contributed by atoms with Gasteiger partial charge in [0.25, 0.3) is 0 Å². The molecule has 0 bridgehead atoms. The number of hydrogen-bond acceptors (Lipinski definition) is 8. The summed E-state index contributed by atoms with van der Waals surface area (Å²) in [6.45, 7) is 3.83. The van der Waals surface area contributed by atoms with Gasteiger partial charge in [0.05, 0.1) is 28.4 Å². The zero-order valence-corrected chi connectivity index (χ0v) is 23.6. The van der Waals surface area contributed by atoms with Gasteiger partial charge in [0.15, 0.2) is 23.0 Å². The molecule has 0 saturated carbocycles. The van der Waals surface area contributed by atoms with E-state index in [1.54, 1.807) is 28.4 Å². The van der Waals surface area contributed by atoms with Gasteiger partial charge in [-0.25, -0.2) is 0 Å². The molecule has 39 heavy (non-hydrogen) atoms. The number of piperidine rings is 2. The molecule has 0 aliphatic carbocycles. The molecule has 1 spiro atoms. The molecule has 1 unspecified atom stereocenters. The lowest BCUT2D eigenvalue weighted by Gasteiger charge is -2.61. The number of nitrogens with zero attached hydrogens (tertiary/aromatic N) is 2. The Labute approximate surface area is 231 Å². The van der Waals surface area contributed by atoms with Crippen LogP contribution in [0, 0.1) is 17.3 Å². The Morgan fingerprint density at radius 1 is 0.667 bits per heavy atom. The Kier molecular flexibility index (Phi) is 7.16. The molecule has 0 aromatic heterocycles. The number of hydrogen-bond donors (Lipinski definition) is 2. The first kappa shape index (κ1) is 26.7. The highest BCUT2D eigenvalue weighted by Crippen LogP contribution is 2.59. The molecule has 4 heterocycles. The topological polar surface area (TPSA) is 83.9 Å². The van der Waals surface area contributed by atoms with E-state index in [0.717, 1.165) is 74.9 Å². The molecular weight excluding hydrogens is 496 g/mol. The molecule has 2 fully saturated rings. The van der Waals surface area contributed by atoms with Crippen molar-refractivity contribution in [2.75, 3.05) is 67.8 Å². The third-order valence-corrected chi connectivity index (χ3v) is 10.4. The summed E-state index contributed by atoms with van der Waals surface area (Å²) in [5, 5.41) is 21.6. The average molecular weight is 539 g/mol. The summed E-state index contributed by atoms with van der Waals surface area (Å²) in [5.74, 6) is 3.25. The average Bonchev–Trinajstić information content (AvgIpc) is 2.98. The zero-order chi connectivity index (χ0) is 27.3. The Hall–Kier alpha value is -2.52. The first-order chi connectivity index (χ1) is 19.0. The summed E-state index contributed by atoms with van der Waals surface area (Å²) >= 11 is 0. The summed E-state index contributed by atoms with van der Waals surface area (Å²) in [5.41, 5.74) is 5.01. The molecule has 4 aliphatic rings. The van der Waals surface area contributed by atoms with Gasteiger partial charge in [0.1, 0.15) is 0 Å². The summed E-state index contributed by atoms with van der Waals surface area (Å²) < 4.78 is 22.6. The number of benzene rings is 2. The van der Waals surface area contributed by atoms with Crippen molar-refractivity contribution in [3.63, 3.8) is 0 Å². The molecule has 2 aromatic carbocycles. The van der Waals surface area contributed by atoms with Crippen molar-refractivity contribution in [2.24, 2.45) is 17.3 Å². The van der Waals surface area contributed by atoms with E-state index >= 15 is 0 Å². The molecule has 2 aromatic rings. The Morgan fingerprint density at radius 2 is 1.05 bits per heavy atom. The van der Waals surface area contributed by atoms with Crippen LogP contribution < -0.4 is 18.9 Å². The predicted octanol–water partition coefficient (Wildman–Crippen LogP) is 3.23. The summed E-state index contributed by atoms with van der Waals surface area (Å²) in [6, 6.07) is 9.03. The van der Waals surface area contributed by atoms with E-state index in [9.17, 15) is 10.2 Å². The number of fused-ring (bicyclic) bond motifs is 6. The largest absolute Gasteiger partial charge is 0.493 e. The van der Waals surface area contributed by atoms with Gasteiger partial charge in [0.2, 0.25) is 0 Å². The maximum absolute atomic E-state index is 10.8. The van der Waals surface area contributed by atoms with Crippen LogP contribution in [0.15, 0.2) is 24.3 Å². The van der Waals surface area contributed by atoms with E-state index in [1.165, 1.54) is 22.3 Å². The summed E-state index contributed by atoms with van der Waals surface area (Å²) in [6.07, 6.45) is 3.70. The fourth-order valence-corrected chi connectivity index (χ4v) is 8.29. The molecule has 2 N–H and O–H groups in total. The quantitative estimate of drug-likeness (QED) is 0.580. The zero-order valence-electron chi connectivity index (χ0n) is 23.6. The van der Waals surface area contributed by atoms with Crippen LogP contribution in [0.3, 0.4) is 0 Å². The van der Waals surface area contributed by atoms with Crippen LogP contribution in [0.4, 0.5) is 0 Å². The highest BCUT2D eigenvalue weighted by Gasteiger charge is 2.56. The van der Waals surface area contributed by atoms with E-state index < -0.39 is 0 Å². The fraction of sp³-hybridized carbons (Fsp3) is 0.613. The minimum absolute atomic E-state index is 0.0975. The molecule has 5 atom stereocenters. The Morgan fingerprint density at radius 3 is 1.41 bits per heavy atom. The van der Waals surface area contributed by atoms with Crippen LogP contribution in [0.1, 0.15) is 47.2 Å². The number of aliphatic hydroxyl groups is 2. The van der Waals surface area contributed by atoms with Gasteiger partial charge in [-0.15, -0.1) is 0 Å². The normalized spacial score (nSPS) is 30.1. The summed E-state index contributed by atoms with van der Waals surface area (Å²) in [7, 11) is 6.76. The van der Waals surface area contributed by atoms with Gasteiger partial charge in [-0.1, -0.05) is 0 Å². The summed E-state index contributed by atoms with van der Waals surface area (Å²) in [4.78, 5) is 5.09.